The average molecular weight is 459 g/mol. The third-order valence-electron chi connectivity index (χ3n) is 5.69. The Morgan fingerprint density at radius 3 is 2.56 bits per heavy atom. The SMILES string of the molecule is COCCN1C(=O)C(=O)/C(=C(\O)c2ccc(OCc3cccc(C)c3)cc2)C1c1cccnc1. The number of hydrogen-bond acceptors (Lipinski definition) is 6. The average Bonchev–Trinajstić information content (AvgIpc) is 3.11. The number of likely N-dealkylation sites (tertiary alicyclic amines) is 1. The molecule has 1 unspecified atom stereocenters. The van der Waals surface area contributed by atoms with Crippen LogP contribution in [0.5, 0.6) is 5.75 Å². The molecule has 1 saturated heterocycles. The van der Waals surface area contributed by atoms with Crippen LogP contribution in [0.25, 0.3) is 5.76 Å². The van der Waals surface area contributed by atoms with E-state index in [-0.39, 0.29) is 24.5 Å². The van der Waals surface area contributed by atoms with E-state index in [1.54, 1.807) is 48.8 Å². The Balaban J connectivity index is 1.62. The monoisotopic (exact) mass is 458 g/mol. The van der Waals surface area contributed by atoms with Crippen molar-refractivity contribution < 1.29 is 24.2 Å². The number of Topliss-reactive ketones (excluding diaryl/α,β-unsaturated/α-hetero) is 1. The lowest BCUT2D eigenvalue weighted by Crippen LogP contribution is -2.32. The van der Waals surface area contributed by atoms with Crippen molar-refractivity contribution in [2.75, 3.05) is 20.3 Å². The predicted octanol–water partition coefficient (Wildman–Crippen LogP) is 4.04. The summed E-state index contributed by atoms with van der Waals surface area (Å²) in [6, 6.07) is 17.6. The Labute approximate surface area is 198 Å². The van der Waals surface area contributed by atoms with Gasteiger partial charge in [-0.15, -0.1) is 0 Å². The third-order valence-corrected chi connectivity index (χ3v) is 5.69. The summed E-state index contributed by atoms with van der Waals surface area (Å²) in [5.41, 5.74) is 3.30. The van der Waals surface area contributed by atoms with E-state index in [4.69, 9.17) is 9.47 Å². The van der Waals surface area contributed by atoms with Crippen molar-refractivity contribution in [3.05, 3.63) is 101 Å². The standard InChI is InChI=1S/C27H26N2O5/c1-18-5-3-6-19(15-18)17-34-22-10-8-20(9-11-22)25(30)23-24(21-7-4-12-28-16-21)29(13-14-33-2)27(32)26(23)31/h3-12,15-16,24,30H,13-14,17H2,1-2H3/b25-23-. The Kier molecular flexibility index (Phi) is 7.04. The number of hydrogen-bond donors (Lipinski definition) is 1. The zero-order valence-electron chi connectivity index (χ0n) is 19.1. The largest absolute Gasteiger partial charge is 0.507 e. The van der Waals surface area contributed by atoms with Crippen LogP contribution in [-0.4, -0.2) is 46.9 Å². The first-order chi connectivity index (χ1) is 16.5. The minimum atomic E-state index is -0.749. The van der Waals surface area contributed by atoms with E-state index in [0.29, 0.717) is 23.5 Å². The van der Waals surface area contributed by atoms with Gasteiger partial charge in [0, 0.05) is 31.6 Å². The number of carbonyl (C=O) groups excluding carboxylic acids is 2. The summed E-state index contributed by atoms with van der Waals surface area (Å²) in [6.07, 6.45) is 3.20. The van der Waals surface area contributed by atoms with Crippen LogP contribution in [0.2, 0.25) is 0 Å². The Morgan fingerprint density at radius 1 is 1.09 bits per heavy atom. The molecule has 1 aliphatic heterocycles. The zero-order valence-corrected chi connectivity index (χ0v) is 19.1. The molecule has 1 aliphatic rings. The van der Waals surface area contributed by atoms with Crippen LogP contribution in [0.3, 0.4) is 0 Å². The van der Waals surface area contributed by atoms with E-state index in [9.17, 15) is 14.7 Å². The maximum atomic E-state index is 12.9. The van der Waals surface area contributed by atoms with Crippen LogP contribution >= 0.6 is 0 Å². The molecule has 174 valence electrons. The smallest absolute Gasteiger partial charge is 0.295 e. The molecule has 0 saturated carbocycles. The fourth-order valence-corrected chi connectivity index (χ4v) is 4.02. The van der Waals surface area contributed by atoms with Gasteiger partial charge in [0.15, 0.2) is 0 Å². The first-order valence-electron chi connectivity index (χ1n) is 11.0. The highest BCUT2D eigenvalue weighted by Gasteiger charge is 2.45. The number of carbonyl (C=O) groups is 2. The van der Waals surface area contributed by atoms with Crippen molar-refractivity contribution in [1.29, 1.82) is 0 Å². The van der Waals surface area contributed by atoms with Crippen molar-refractivity contribution in [2.24, 2.45) is 0 Å². The molecule has 3 aromatic rings. The normalized spacial score (nSPS) is 17.2. The minimum absolute atomic E-state index is 0.0301. The second-order valence-corrected chi connectivity index (χ2v) is 8.07. The number of rotatable bonds is 8. The third kappa shape index (κ3) is 4.84. The van der Waals surface area contributed by atoms with Crippen molar-refractivity contribution in [3.8, 4) is 5.75 Å². The highest BCUT2D eigenvalue weighted by atomic mass is 16.5. The van der Waals surface area contributed by atoms with Gasteiger partial charge < -0.3 is 19.5 Å². The van der Waals surface area contributed by atoms with Gasteiger partial charge in [0.2, 0.25) is 0 Å². The molecule has 1 aromatic heterocycles. The molecule has 0 bridgehead atoms. The molecule has 4 rings (SSSR count). The summed E-state index contributed by atoms with van der Waals surface area (Å²) in [7, 11) is 1.53. The molecule has 0 radical (unpaired) electrons. The summed E-state index contributed by atoms with van der Waals surface area (Å²) in [6.45, 7) is 2.91. The van der Waals surface area contributed by atoms with E-state index < -0.39 is 17.7 Å². The minimum Gasteiger partial charge on any atom is -0.507 e. The van der Waals surface area contributed by atoms with E-state index >= 15 is 0 Å². The Hall–Kier alpha value is -3.97. The van der Waals surface area contributed by atoms with Crippen LogP contribution in [0.4, 0.5) is 0 Å². The van der Waals surface area contributed by atoms with Crippen molar-refractivity contribution in [1.82, 2.24) is 9.88 Å². The highest BCUT2D eigenvalue weighted by molar-refractivity contribution is 6.46. The summed E-state index contributed by atoms with van der Waals surface area (Å²) in [5, 5.41) is 11.1. The fraction of sp³-hybridized carbons (Fsp3) is 0.222. The van der Waals surface area contributed by atoms with Crippen LogP contribution in [0.15, 0.2) is 78.6 Å². The number of ether oxygens (including phenoxy) is 2. The van der Waals surface area contributed by atoms with E-state index in [1.165, 1.54) is 12.0 Å². The van der Waals surface area contributed by atoms with Crippen molar-refractivity contribution in [3.63, 3.8) is 0 Å². The number of amides is 1. The summed E-state index contributed by atoms with van der Waals surface area (Å²) in [5.74, 6) is -1.02. The predicted molar refractivity (Wildman–Crippen MR) is 127 cm³/mol. The Bertz CT molecular complexity index is 1210. The second-order valence-electron chi connectivity index (χ2n) is 8.07. The van der Waals surface area contributed by atoms with Gasteiger partial charge in [-0.2, -0.15) is 0 Å². The maximum absolute atomic E-state index is 12.9. The highest BCUT2D eigenvalue weighted by Crippen LogP contribution is 2.39. The van der Waals surface area contributed by atoms with Crippen LogP contribution in [-0.2, 0) is 20.9 Å². The van der Waals surface area contributed by atoms with Crippen LogP contribution in [0.1, 0.15) is 28.3 Å². The van der Waals surface area contributed by atoms with E-state index in [1.807, 2.05) is 25.1 Å². The van der Waals surface area contributed by atoms with Gasteiger partial charge in [0.05, 0.1) is 18.2 Å². The number of aryl methyl sites for hydroxylation is 1. The Morgan fingerprint density at radius 2 is 1.88 bits per heavy atom. The number of benzene rings is 2. The molecule has 2 aromatic carbocycles. The molecule has 1 amide bonds. The van der Waals surface area contributed by atoms with E-state index in [0.717, 1.165) is 11.1 Å². The fourth-order valence-electron chi connectivity index (χ4n) is 4.02. The summed E-state index contributed by atoms with van der Waals surface area (Å²) in [4.78, 5) is 31.2. The van der Waals surface area contributed by atoms with Crippen molar-refractivity contribution in [2.45, 2.75) is 19.6 Å². The topological polar surface area (TPSA) is 89.0 Å². The second kappa shape index (κ2) is 10.3. The van der Waals surface area contributed by atoms with Gasteiger partial charge in [-0.1, -0.05) is 35.9 Å². The molecule has 1 atom stereocenters. The maximum Gasteiger partial charge on any atom is 0.295 e. The molecule has 0 spiro atoms. The van der Waals surface area contributed by atoms with Gasteiger partial charge in [-0.05, 0) is 48.4 Å². The molecule has 7 nitrogen and oxygen atoms in total. The first kappa shape index (κ1) is 23.2. The number of pyridine rings is 1. The lowest BCUT2D eigenvalue weighted by Gasteiger charge is -2.24. The number of ketones is 1. The molecule has 1 N–H and O–H groups in total. The number of aliphatic hydroxyl groups excluding tert-OH is 1. The van der Waals surface area contributed by atoms with E-state index in [2.05, 4.69) is 11.1 Å². The lowest BCUT2D eigenvalue weighted by atomic mass is 9.96. The van der Waals surface area contributed by atoms with Gasteiger partial charge in [0.1, 0.15) is 18.1 Å². The first-order valence-corrected chi connectivity index (χ1v) is 11.0. The summed E-state index contributed by atoms with van der Waals surface area (Å²) >= 11 is 0. The molecule has 2 heterocycles. The lowest BCUT2D eigenvalue weighted by molar-refractivity contribution is -0.140. The molecule has 34 heavy (non-hydrogen) atoms. The molecule has 7 heteroatoms. The molecule has 0 aliphatic carbocycles. The number of aromatic nitrogens is 1. The quantitative estimate of drug-likeness (QED) is 0.311. The molecular weight excluding hydrogens is 432 g/mol. The number of methoxy groups -OCH3 is 1. The molecular formula is C27H26N2O5. The number of aliphatic hydroxyl groups is 1. The van der Waals surface area contributed by atoms with Gasteiger partial charge in [0.25, 0.3) is 11.7 Å². The van der Waals surface area contributed by atoms with Crippen LogP contribution < -0.4 is 4.74 Å². The number of nitrogens with zero attached hydrogens (tertiary/aromatic N) is 2. The van der Waals surface area contributed by atoms with Gasteiger partial charge in [-0.25, -0.2) is 0 Å². The zero-order chi connectivity index (χ0) is 24.1. The van der Waals surface area contributed by atoms with Crippen molar-refractivity contribution >= 4 is 17.4 Å². The van der Waals surface area contributed by atoms with Gasteiger partial charge in [-0.3, -0.25) is 14.6 Å². The van der Waals surface area contributed by atoms with Gasteiger partial charge >= 0.3 is 0 Å². The molecule has 1 fully saturated rings. The summed E-state index contributed by atoms with van der Waals surface area (Å²) < 4.78 is 11.0. The van der Waals surface area contributed by atoms with Crippen LogP contribution in [0, 0.1) is 6.92 Å².